The molecule has 2 rings (SSSR count). The van der Waals surface area contributed by atoms with Crippen molar-refractivity contribution < 1.29 is 13.9 Å². The van der Waals surface area contributed by atoms with Crippen LogP contribution >= 0.6 is 27.5 Å². The van der Waals surface area contributed by atoms with E-state index >= 15 is 0 Å². The van der Waals surface area contributed by atoms with Gasteiger partial charge in [0.15, 0.2) is 17.3 Å². The summed E-state index contributed by atoms with van der Waals surface area (Å²) in [5.41, 5.74) is 1.08. The van der Waals surface area contributed by atoms with Crippen LogP contribution in [0.3, 0.4) is 0 Å². The van der Waals surface area contributed by atoms with Gasteiger partial charge in [0.1, 0.15) is 0 Å². The highest BCUT2D eigenvalue weighted by Crippen LogP contribution is 2.24. The molecule has 0 heterocycles. The Labute approximate surface area is 129 Å². The standard InChI is InChI=1S/C15H11BrClFO2/c1-20-15-5-2-9(6-13(15)18)7-14(19)10-3-4-11(16)12(17)8-10/h2-6,8H,7H2,1H3. The smallest absolute Gasteiger partial charge is 0.167 e. The van der Waals surface area contributed by atoms with Gasteiger partial charge in [-0.15, -0.1) is 0 Å². The highest BCUT2D eigenvalue weighted by molar-refractivity contribution is 9.10. The van der Waals surface area contributed by atoms with Crippen molar-refractivity contribution in [2.24, 2.45) is 0 Å². The molecular weight excluding hydrogens is 347 g/mol. The lowest BCUT2D eigenvalue weighted by Crippen LogP contribution is -2.04. The molecule has 2 aromatic carbocycles. The summed E-state index contributed by atoms with van der Waals surface area (Å²) >= 11 is 9.21. The Hall–Kier alpha value is -1.39. The van der Waals surface area contributed by atoms with E-state index < -0.39 is 5.82 Å². The molecule has 5 heteroatoms. The van der Waals surface area contributed by atoms with Crippen molar-refractivity contribution in [3.05, 3.63) is 62.8 Å². The van der Waals surface area contributed by atoms with Gasteiger partial charge in [0.25, 0.3) is 0 Å². The molecule has 0 aliphatic rings. The summed E-state index contributed by atoms with van der Waals surface area (Å²) in [6.07, 6.45) is 0.110. The molecule has 0 radical (unpaired) electrons. The van der Waals surface area contributed by atoms with Crippen LogP contribution in [0.2, 0.25) is 5.02 Å². The maximum atomic E-state index is 13.6. The number of carbonyl (C=O) groups excluding carboxylic acids is 1. The van der Waals surface area contributed by atoms with Gasteiger partial charge < -0.3 is 4.74 Å². The van der Waals surface area contributed by atoms with Crippen LogP contribution in [0.1, 0.15) is 15.9 Å². The molecule has 104 valence electrons. The predicted octanol–water partition coefficient (Wildman–Crippen LogP) is 4.68. The number of hydrogen-bond donors (Lipinski definition) is 0. The second-order valence-electron chi connectivity index (χ2n) is 4.20. The average Bonchev–Trinajstić information content (AvgIpc) is 2.42. The van der Waals surface area contributed by atoms with Crippen LogP contribution in [0.25, 0.3) is 0 Å². The highest BCUT2D eigenvalue weighted by Gasteiger charge is 2.11. The number of rotatable bonds is 4. The molecular formula is C15H11BrClFO2. The summed E-state index contributed by atoms with van der Waals surface area (Å²) in [6.45, 7) is 0. The SMILES string of the molecule is COc1ccc(CC(=O)c2ccc(Br)c(Cl)c2)cc1F. The number of ketones is 1. The van der Waals surface area contributed by atoms with E-state index in [2.05, 4.69) is 15.9 Å². The minimum absolute atomic E-state index is 0.110. The van der Waals surface area contributed by atoms with Crippen molar-refractivity contribution in [3.63, 3.8) is 0 Å². The molecule has 0 fully saturated rings. The molecule has 0 atom stereocenters. The third kappa shape index (κ3) is 3.38. The lowest BCUT2D eigenvalue weighted by Gasteiger charge is -2.06. The summed E-state index contributed by atoms with van der Waals surface area (Å²) in [7, 11) is 1.40. The zero-order valence-corrected chi connectivity index (χ0v) is 13.0. The van der Waals surface area contributed by atoms with E-state index in [1.165, 1.54) is 19.2 Å². The second kappa shape index (κ2) is 6.37. The van der Waals surface area contributed by atoms with Crippen LogP contribution in [-0.2, 0) is 6.42 Å². The number of carbonyl (C=O) groups is 1. The molecule has 2 aromatic rings. The van der Waals surface area contributed by atoms with Gasteiger partial charge in [-0.05, 0) is 45.8 Å². The monoisotopic (exact) mass is 356 g/mol. The third-order valence-corrected chi connectivity index (χ3v) is 4.05. The van der Waals surface area contributed by atoms with E-state index in [0.29, 0.717) is 16.1 Å². The fraction of sp³-hybridized carbons (Fsp3) is 0.133. The number of halogens is 3. The van der Waals surface area contributed by atoms with Crippen LogP contribution in [0, 0.1) is 5.82 Å². The second-order valence-corrected chi connectivity index (χ2v) is 5.46. The van der Waals surface area contributed by atoms with Crippen molar-refractivity contribution in [1.29, 1.82) is 0 Å². The van der Waals surface area contributed by atoms with Crippen LogP contribution in [0.5, 0.6) is 5.75 Å². The number of Topliss-reactive ketones (excluding diaryl/α,β-unsaturated/α-hetero) is 1. The van der Waals surface area contributed by atoms with E-state index in [9.17, 15) is 9.18 Å². The number of ether oxygens (including phenoxy) is 1. The molecule has 0 saturated heterocycles. The molecule has 0 aromatic heterocycles. The number of hydrogen-bond acceptors (Lipinski definition) is 2. The summed E-state index contributed by atoms with van der Waals surface area (Å²) in [5.74, 6) is -0.441. The van der Waals surface area contributed by atoms with Gasteiger partial charge in [0, 0.05) is 16.5 Å². The summed E-state index contributed by atoms with van der Waals surface area (Å²) in [6, 6.07) is 9.46. The van der Waals surface area contributed by atoms with E-state index in [1.807, 2.05) is 0 Å². The zero-order valence-electron chi connectivity index (χ0n) is 10.6. The van der Waals surface area contributed by atoms with Crippen molar-refractivity contribution in [2.75, 3.05) is 7.11 Å². The van der Waals surface area contributed by atoms with Crippen molar-refractivity contribution in [1.82, 2.24) is 0 Å². The van der Waals surface area contributed by atoms with Crippen LogP contribution in [0.4, 0.5) is 4.39 Å². The van der Waals surface area contributed by atoms with Crippen LogP contribution in [0.15, 0.2) is 40.9 Å². The van der Waals surface area contributed by atoms with Gasteiger partial charge in [0.2, 0.25) is 0 Å². The van der Waals surface area contributed by atoms with Gasteiger partial charge >= 0.3 is 0 Å². The van der Waals surface area contributed by atoms with Crippen molar-refractivity contribution in [2.45, 2.75) is 6.42 Å². The first-order valence-electron chi connectivity index (χ1n) is 5.82. The highest BCUT2D eigenvalue weighted by atomic mass is 79.9. The van der Waals surface area contributed by atoms with Crippen LogP contribution in [-0.4, -0.2) is 12.9 Å². The molecule has 0 aliphatic carbocycles. The minimum atomic E-state index is -0.480. The van der Waals surface area contributed by atoms with Gasteiger partial charge in [-0.25, -0.2) is 4.39 Å². The maximum Gasteiger partial charge on any atom is 0.167 e. The molecule has 20 heavy (non-hydrogen) atoms. The Balaban J connectivity index is 2.19. The van der Waals surface area contributed by atoms with Gasteiger partial charge in [0.05, 0.1) is 12.1 Å². The Bertz CT molecular complexity index is 658. The first-order valence-corrected chi connectivity index (χ1v) is 6.99. The quantitative estimate of drug-likeness (QED) is 0.743. The van der Waals surface area contributed by atoms with Gasteiger partial charge in [-0.3, -0.25) is 4.79 Å². The average molecular weight is 358 g/mol. The van der Waals surface area contributed by atoms with E-state index in [1.54, 1.807) is 24.3 Å². The predicted molar refractivity (Wildman–Crippen MR) is 80.1 cm³/mol. The molecule has 0 amide bonds. The van der Waals surface area contributed by atoms with Crippen LogP contribution < -0.4 is 4.74 Å². The summed E-state index contributed by atoms with van der Waals surface area (Å²) in [4.78, 5) is 12.1. The van der Waals surface area contributed by atoms with Gasteiger partial charge in [-0.1, -0.05) is 23.7 Å². The minimum Gasteiger partial charge on any atom is -0.494 e. The molecule has 0 bridgehead atoms. The number of benzene rings is 2. The summed E-state index contributed by atoms with van der Waals surface area (Å²) < 4.78 is 19.1. The number of methoxy groups -OCH3 is 1. The van der Waals surface area contributed by atoms with Gasteiger partial charge in [-0.2, -0.15) is 0 Å². The Morgan fingerprint density at radius 3 is 2.65 bits per heavy atom. The van der Waals surface area contributed by atoms with E-state index in [4.69, 9.17) is 16.3 Å². The lowest BCUT2D eigenvalue weighted by atomic mass is 10.0. The van der Waals surface area contributed by atoms with Crippen molar-refractivity contribution in [3.8, 4) is 5.75 Å². The molecule has 0 spiro atoms. The maximum absolute atomic E-state index is 13.6. The fourth-order valence-electron chi connectivity index (χ4n) is 1.78. The first kappa shape index (κ1) is 15.0. The third-order valence-electron chi connectivity index (χ3n) is 2.82. The van der Waals surface area contributed by atoms with Crippen molar-refractivity contribution >= 4 is 33.3 Å². The zero-order chi connectivity index (χ0) is 14.7. The lowest BCUT2D eigenvalue weighted by molar-refractivity contribution is 0.0993. The summed E-state index contributed by atoms with van der Waals surface area (Å²) in [5, 5.41) is 0.469. The molecule has 0 saturated carbocycles. The normalized spacial score (nSPS) is 10.4. The first-order chi connectivity index (χ1) is 9.51. The Kier molecular flexibility index (Phi) is 4.78. The van der Waals surface area contributed by atoms with E-state index in [-0.39, 0.29) is 18.0 Å². The Morgan fingerprint density at radius 2 is 2.05 bits per heavy atom. The molecule has 0 aliphatic heterocycles. The van der Waals surface area contributed by atoms with E-state index in [0.717, 1.165) is 4.47 Å². The largest absolute Gasteiger partial charge is 0.494 e. The molecule has 0 unspecified atom stereocenters. The molecule has 2 nitrogen and oxygen atoms in total. The Morgan fingerprint density at radius 1 is 1.30 bits per heavy atom. The molecule has 0 N–H and O–H groups in total. The fourth-order valence-corrected chi connectivity index (χ4v) is 2.20. The topological polar surface area (TPSA) is 26.3 Å².